The third-order valence-electron chi connectivity index (χ3n) is 1.70. The number of nitrogens with two attached hydrogens (primary N) is 1. The smallest absolute Gasteiger partial charge is 0.0165 e. The van der Waals surface area contributed by atoms with Gasteiger partial charge in [0.1, 0.15) is 0 Å². The van der Waals surface area contributed by atoms with Crippen LogP contribution in [0.15, 0.2) is 0 Å². The third kappa shape index (κ3) is 8.02. The Morgan fingerprint density at radius 2 is 1.58 bits per heavy atom. The molecule has 0 aromatic heterocycles. The average Bonchev–Trinajstić information content (AvgIpc) is 2.17. The molecule has 2 nitrogen and oxygen atoms in total. The Labute approximate surface area is 77.9 Å². The number of piperidine rings is 1. The van der Waals surface area contributed by atoms with E-state index in [9.17, 15) is 0 Å². The number of hydrogen-bond acceptors (Lipinski definition) is 2. The van der Waals surface area contributed by atoms with Crippen molar-refractivity contribution in [3.63, 3.8) is 0 Å². The molecule has 12 heavy (non-hydrogen) atoms. The Balaban J connectivity index is 0. The summed E-state index contributed by atoms with van der Waals surface area (Å²) < 4.78 is 0. The summed E-state index contributed by atoms with van der Waals surface area (Å²) in [6, 6.07) is 1.10. The van der Waals surface area contributed by atoms with E-state index in [1.807, 2.05) is 27.7 Å². The molecule has 0 aliphatic carbocycles. The highest BCUT2D eigenvalue weighted by Gasteiger charge is 2.12. The quantitative estimate of drug-likeness (QED) is 0.590. The largest absolute Gasteiger partial charge is 0.327 e. The second-order valence-corrected chi connectivity index (χ2v) is 2.65. The van der Waals surface area contributed by atoms with Crippen molar-refractivity contribution in [3.8, 4) is 0 Å². The van der Waals surface area contributed by atoms with Crippen LogP contribution in [0.4, 0.5) is 0 Å². The predicted molar refractivity (Wildman–Crippen MR) is 57.4 cm³/mol. The average molecular weight is 174 g/mol. The van der Waals surface area contributed by atoms with Crippen molar-refractivity contribution in [3.05, 3.63) is 0 Å². The molecule has 0 spiro atoms. The van der Waals surface area contributed by atoms with Crippen LogP contribution in [0.25, 0.3) is 0 Å². The summed E-state index contributed by atoms with van der Waals surface area (Å²) >= 11 is 0. The van der Waals surface area contributed by atoms with Gasteiger partial charge in [-0.2, -0.15) is 0 Å². The standard InChI is InChI=1S/C6H14N2.2C2H6/c1-5-2-3-6(7)4-8-5;2*1-2/h5-6,8H,2-4,7H2,1H3;2*1-2H3. The van der Waals surface area contributed by atoms with Crippen LogP contribution in [0.1, 0.15) is 47.5 Å². The molecule has 1 saturated heterocycles. The molecule has 1 aliphatic rings. The summed E-state index contributed by atoms with van der Waals surface area (Å²) in [5, 5.41) is 3.31. The first-order valence-electron chi connectivity index (χ1n) is 5.28. The lowest BCUT2D eigenvalue weighted by molar-refractivity contribution is 0.384. The first kappa shape index (κ1) is 14.4. The van der Waals surface area contributed by atoms with Crippen LogP contribution in [0.3, 0.4) is 0 Å². The highest BCUT2D eigenvalue weighted by atomic mass is 14.9. The lowest BCUT2D eigenvalue weighted by Gasteiger charge is -2.24. The molecule has 3 N–H and O–H groups in total. The maximum Gasteiger partial charge on any atom is 0.0165 e. The van der Waals surface area contributed by atoms with Gasteiger partial charge in [0, 0.05) is 18.6 Å². The molecule has 76 valence electrons. The van der Waals surface area contributed by atoms with Crippen molar-refractivity contribution < 1.29 is 0 Å². The topological polar surface area (TPSA) is 38.0 Å². The van der Waals surface area contributed by atoms with E-state index in [0.717, 1.165) is 6.54 Å². The summed E-state index contributed by atoms with van der Waals surface area (Å²) in [6.07, 6.45) is 2.43. The fourth-order valence-corrected chi connectivity index (χ4v) is 1.02. The summed E-state index contributed by atoms with van der Waals surface area (Å²) in [5.74, 6) is 0. The molecule has 0 bridgehead atoms. The van der Waals surface area contributed by atoms with E-state index in [0.29, 0.717) is 12.1 Å². The zero-order valence-corrected chi connectivity index (χ0v) is 9.35. The first-order valence-corrected chi connectivity index (χ1v) is 5.28. The van der Waals surface area contributed by atoms with Crippen molar-refractivity contribution in [1.29, 1.82) is 0 Å². The monoisotopic (exact) mass is 174 g/mol. The van der Waals surface area contributed by atoms with E-state index < -0.39 is 0 Å². The summed E-state index contributed by atoms with van der Waals surface area (Å²) in [4.78, 5) is 0. The number of nitrogens with one attached hydrogen (secondary N) is 1. The van der Waals surface area contributed by atoms with Gasteiger partial charge in [-0.15, -0.1) is 0 Å². The van der Waals surface area contributed by atoms with Crippen LogP contribution in [0.2, 0.25) is 0 Å². The molecular weight excluding hydrogens is 148 g/mol. The summed E-state index contributed by atoms with van der Waals surface area (Å²) in [7, 11) is 0. The molecule has 1 heterocycles. The second-order valence-electron chi connectivity index (χ2n) is 2.65. The van der Waals surface area contributed by atoms with Crippen molar-refractivity contribution in [2.45, 2.75) is 59.5 Å². The van der Waals surface area contributed by atoms with E-state index in [4.69, 9.17) is 5.73 Å². The Bertz CT molecular complexity index is 56.2. The SMILES string of the molecule is CC.CC.CC1CCC(N)CN1. The van der Waals surface area contributed by atoms with E-state index in [-0.39, 0.29) is 0 Å². The number of hydrogen-bond donors (Lipinski definition) is 2. The minimum atomic E-state index is 0.409. The highest BCUT2D eigenvalue weighted by molar-refractivity contribution is 4.75. The van der Waals surface area contributed by atoms with Crippen LogP contribution in [-0.2, 0) is 0 Å². The Morgan fingerprint density at radius 1 is 1.08 bits per heavy atom. The molecule has 0 aromatic rings. The lowest BCUT2D eigenvalue weighted by Crippen LogP contribution is -2.43. The maximum atomic E-state index is 5.63. The van der Waals surface area contributed by atoms with E-state index >= 15 is 0 Å². The molecule has 0 radical (unpaired) electrons. The van der Waals surface area contributed by atoms with Crippen molar-refractivity contribution in [2.75, 3.05) is 6.54 Å². The molecule has 2 unspecified atom stereocenters. The van der Waals surface area contributed by atoms with Gasteiger partial charge in [-0.1, -0.05) is 27.7 Å². The third-order valence-corrected chi connectivity index (χ3v) is 1.70. The highest BCUT2D eigenvalue weighted by Crippen LogP contribution is 2.04. The van der Waals surface area contributed by atoms with Gasteiger partial charge in [0.25, 0.3) is 0 Å². The fourth-order valence-electron chi connectivity index (χ4n) is 1.02. The van der Waals surface area contributed by atoms with E-state index in [1.54, 1.807) is 0 Å². The first-order chi connectivity index (χ1) is 5.79. The van der Waals surface area contributed by atoms with Gasteiger partial charge in [0.2, 0.25) is 0 Å². The van der Waals surface area contributed by atoms with Gasteiger partial charge in [0.05, 0.1) is 0 Å². The van der Waals surface area contributed by atoms with E-state index in [2.05, 4.69) is 12.2 Å². The molecule has 1 fully saturated rings. The molecular formula is C10H26N2. The van der Waals surface area contributed by atoms with Crippen molar-refractivity contribution >= 4 is 0 Å². The van der Waals surface area contributed by atoms with Crippen LogP contribution < -0.4 is 11.1 Å². The Kier molecular flexibility index (Phi) is 13.1. The molecule has 0 saturated carbocycles. The molecule has 0 aromatic carbocycles. The molecule has 2 heteroatoms. The van der Waals surface area contributed by atoms with Gasteiger partial charge in [-0.25, -0.2) is 0 Å². The van der Waals surface area contributed by atoms with Gasteiger partial charge in [-0.3, -0.25) is 0 Å². The van der Waals surface area contributed by atoms with Crippen LogP contribution in [0, 0.1) is 0 Å². The summed E-state index contributed by atoms with van der Waals surface area (Å²) in [5.41, 5.74) is 5.63. The Hall–Kier alpha value is -0.0800. The lowest BCUT2D eigenvalue weighted by atomic mass is 10.0. The summed E-state index contributed by atoms with van der Waals surface area (Å²) in [6.45, 7) is 11.2. The van der Waals surface area contributed by atoms with Crippen LogP contribution >= 0.6 is 0 Å². The molecule has 0 amide bonds. The fraction of sp³-hybridized carbons (Fsp3) is 1.00. The van der Waals surface area contributed by atoms with Crippen LogP contribution in [0.5, 0.6) is 0 Å². The zero-order valence-electron chi connectivity index (χ0n) is 9.35. The van der Waals surface area contributed by atoms with Gasteiger partial charge in [0.15, 0.2) is 0 Å². The van der Waals surface area contributed by atoms with Crippen molar-refractivity contribution in [1.82, 2.24) is 5.32 Å². The van der Waals surface area contributed by atoms with Gasteiger partial charge >= 0.3 is 0 Å². The molecule has 1 rings (SSSR count). The zero-order chi connectivity index (χ0) is 9.98. The minimum Gasteiger partial charge on any atom is -0.327 e. The van der Waals surface area contributed by atoms with Crippen molar-refractivity contribution in [2.24, 2.45) is 5.73 Å². The van der Waals surface area contributed by atoms with E-state index in [1.165, 1.54) is 12.8 Å². The maximum absolute atomic E-state index is 5.63. The second kappa shape index (κ2) is 10.9. The predicted octanol–water partition coefficient (Wildman–Crippen LogP) is 2.14. The molecule has 2 atom stereocenters. The minimum absolute atomic E-state index is 0.409. The number of rotatable bonds is 0. The normalized spacial score (nSPS) is 27.5. The molecule has 1 aliphatic heterocycles. The van der Waals surface area contributed by atoms with Crippen LogP contribution in [-0.4, -0.2) is 18.6 Å². The van der Waals surface area contributed by atoms with Gasteiger partial charge < -0.3 is 11.1 Å². The van der Waals surface area contributed by atoms with Gasteiger partial charge in [-0.05, 0) is 19.8 Å². The Morgan fingerprint density at radius 3 is 1.83 bits per heavy atom.